The number of nitro benzene ring substituents is 1. The van der Waals surface area contributed by atoms with Crippen molar-refractivity contribution in [1.29, 1.82) is 0 Å². The van der Waals surface area contributed by atoms with Crippen molar-refractivity contribution < 1.29 is 9.72 Å². The van der Waals surface area contributed by atoms with Crippen molar-refractivity contribution in [3.05, 3.63) is 34.4 Å². The first-order chi connectivity index (χ1) is 7.13. The number of halogens is 1. The number of benzene rings is 1. The van der Waals surface area contributed by atoms with Gasteiger partial charge in [0.15, 0.2) is 0 Å². The van der Waals surface area contributed by atoms with Crippen LogP contribution in [0.25, 0.3) is 0 Å². The van der Waals surface area contributed by atoms with Gasteiger partial charge in [0.05, 0.1) is 11.5 Å². The van der Waals surface area contributed by atoms with E-state index in [1.807, 2.05) is 0 Å². The van der Waals surface area contributed by atoms with Crippen molar-refractivity contribution in [2.24, 2.45) is 0 Å². The van der Waals surface area contributed by atoms with Crippen LogP contribution in [0.15, 0.2) is 24.3 Å². The van der Waals surface area contributed by atoms with Gasteiger partial charge in [-0.1, -0.05) is 0 Å². The molecule has 1 aromatic carbocycles. The molecule has 16 heavy (non-hydrogen) atoms. The molecule has 88 valence electrons. The van der Waals surface area contributed by atoms with Crippen molar-refractivity contribution in [2.75, 3.05) is 18.9 Å². The fourth-order valence-corrected chi connectivity index (χ4v) is 1.03. The van der Waals surface area contributed by atoms with Crippen molar-refractivity contribution in [3.63, 3.8) is 0 Å². The van der Waals surface area contributed by atoms with E-state index in [2.05, 4.69) is 10.6 Å². The molecule has 0 aliphatic rings. The predicted octanol–water partition coefficient (Wildman–Crippen LogP) is 1.17. The van der Waals surface area contributed by atoms with Gasteiger partial charge in [-0.3, -0.25) is 14.9 Å². The van der Waals surface area contributed by atoms with Gasteiger partial charge in [-0.15, -0.1) is 12.4 Å². The van der Waals surface area contributed by atoms with Crippen LogP contribution in [-0.2, 0) is 4.79 Å². The van der Waals surface area contributed by atoms with Crippen LogP contribution in [-0.4, -0.2) is 24.4 Å². The lowest BCUT2D eigenvalue weighted by atomic mass is 10.3. The minimum Gasteiger partial charge on any atom is -0.325 e. The molecular weight excluding hydrogens is 234 g/mol. The van der Waals surface area contributed by atoms with Gasteiger partial charge in [0.2, 0.25) is 5.91 Å². The number of rotatable bonds is 4. The lowest BCUT2D eigenvalue weighted by Crippen LogP contribution is -2.24. The summed E-state index contributed by atoms with van der Waals surface area (Å²) in [5.74, 6) is -0.189. The fourth-order valence-electron chi connectivity index (χ4n) is 1.03. The van der Waals surface area contributed by atoms with Gasteiger partial charge in [0.25, 0.3) is 5.69 Å². The van der Waals surface area contributed by atoms with Crippen LogP contribution in [0.1, 0.15) is 0 Å². The zero-order valence-corrected chi connectivity index (χ0v) is 9.41. The second kappa shape index (κ2) is 6.76. The van der Waals surface area contributed by atoms with Gasteiger partial charge in [-0.2, -0.15) is 0 Å². The van der Waals surface area contributed by atoms with Crippen molar-refractivity contribution in [2.45, 2.75) is 0 Å². The molecule has 0 saturated heterocycles. The van der Waals surface area contributed by atoms with Crippen LogP contribution in [0.3, 0.4) is 0 Å². The molecule has 0 aliphatic heterocycles. The third kappa shape index (κ3) is 4.24. The smallest absolute Gasteiger partial charge is 0.269 e. The molecule has 0 atom stereocenters. The number of hydrogen-bond donors (Lipinski definition) is 2. The Bertz CT molecular complexity index is 367. The van der Waals surface area contributed by atoms with Gasteiger partial charge in [-0.05, 0) is 19.2 Å². The molecule has 2 N–H and O–H groups in total. The van der Waals surface area contributed by atoms with Crippen LogP contribution < -0.4 is 10.6 Å². The van der Waals surface area contributed by atoms with Gasteiger partial charge < -0.3 is 10.6 Å². The van der Waals surface area contributed by atoms with E-state index in [0.29, 0.717) is 5.69 Å². The topological polar surface area (TPSA) is 84.3 Å². The van der Waals surface area contributed by atoms with Gasteiger partial charge in [0, 0.05) is 17.8 Å². The number of hydrogen-bond acceptors (Lipinski definition) is 4. The number of nitrogens with zero attached hydrogens (tertiary/aromatic N) is 1. The molecule has 0 aliphatic carbocycles. The second-order valence-corrected chi connectivity index (χ2v) is 2.88. The zero-order valence-electron chi connectivity index (χ0n) is 8.60. The lowest BCUT2D eigenvalue weighted by Gasteiger charge is -2.03. The summed E-state index contributed by atoms with van der Waals surface area (Å²) in [7, 11) is 1.66. The predicted molar refractivity (Wildman–Crippen MR) is 62.9 cm³/mol. The standard InChI is InChI=1S/C9H11N3O3.ClH/c1-10-6-9(13)11-7-2-4-8(5-3-7)12(14)15;/h2-5,10H,6H2,1H3,(H,11,13);1H. The summed E-state index contributed by atoms with van der Waals surface area (Å²) in [6, 6.07) is 5.67. The summed E-state index contributed by atoms with van der Waals surface area (Å²) >= 11 is 0. The molecule has 1 rings (SSSR count). The SMILES string of the molecule is CNCC(=O)Nc1ccc([N+](=O)[O-])cc1.Cl. The number of nitrogens with one attached hydrogen (secondary N) is 2. The molecule has 0 heterocycles. The van der Waals surface area contributed by atoms with Gasteiger partial charge >= 0.3 is 0 Å². The van der Waals surface area contributed by atoms with Crippen LogP contribution in [0.2, 0.25) is 0 Å². The Morgan fingerprint density at radius 1 is 1.38 bits per heavy atom. The van der Waals surface area contributed by atoms with E-state index >= 15 is 0 Å². The Kier molecular flexibility index (Phi) is 6.06. The van der Waals surface area contributed by atoms with E-state index in [4.69, 9.17) is 0 Å². The average molecular weight is 246 g/mol. The van der Waals surface area contributed by atoms with Crippen molar-refractivity contribution >= 4 is 29.7 Å². The summed E-state index contributed by atoms with van der Waals surface area (Å²) in [4.78, 5) is 21.0. The number of likely N-dealkylation sites (N-methyl/N-ethyl adjacent to an activating group) is 1. The molecule has 0 fully saturated rings. The minimum atomic E-state index is -0.487. The molecule has 6 nitrogen and oxygen atoms in total. The molecule has 7 heteroatoms. The maximum Gasteiger partial charge on any atom is 0.269 e. The highest BCUT2D eigenvalue weighted by molar-refractivity contribution is 5.92. The zero-order chi connectivity index (χ0) is 11.3. The summed E-state index contributed by atoms with van der Waals surface area (Å²) < 4.78 is 0. The van der Waals surface area contributed by atoms with Crippen LogP contribution in [0.5, 0.6) is 0 Å². The van der Waals surface area contributed by atoms with Crippen molar-refractivity contribution in [3.8, 4) is 0 Å². The summed E-state index contributed by atoms with van der Waals surface area (Å²) in [6.45, 7) is 0.205. The molecule has 0 saturated carbocycles. The van der Waals surface area contributed by atoms with Crippen LogP contribution in [0, 0.1) is 10.1 Å². The highest BCUT2D eigenvalue weighted by Gasteiger charge is 2.05. The average Bonchev–Trinajstić information content (AvgIpc) is 2.18. The molecule has 0 unspecified atom stereocenters. The Morgan fingerprint density at radius 2 is 1.94 bits per heavy atom. The molecule has 0 radical (unpaired) electrons. The Balaban J connectivity index is 0.00000225. The summed E-state index contributed by atoms with van der Waals surface area (Å²) in [5.41, 5.74) is 0.544. The fraction of sp³-hybridized carbons (Fsp3) is 0.222. The van der Waals surface area contributed by atoms with E-state index in [9.17, 15) is 14.9 Å². The van der Waals surface area contributed by atoms with E-state index in [1.165, 1.54) is 24.3 Å². The van der Waals surface area contributed by atoms with Gasteiger partial charge in [-0.25, -0.2) is 0 Å². The number of carbonyl (C=O) groups is 1. The van der Waals surface area contributed by atoms with Crippen LogP contribution >= 0.6 is 12.4 Å². The normalized spacial score (nSPS) is 9.06. The maximum atomic E-state index is 11.1. The minimum absolute atomic E-state index is 0. The molecule has 1 amide bonds. The quantitative estimate of drug-likeness (QED) is 0.616. The molecule has 0 aromatic heterocycles. The number of nitro groups is 1. The number of carbonyl (C=O) groups excluding carboxylic acids is 1. The molecule has 0 spiro atoms. The highest BCUT2D eigenvalue weighted by Crippen LogP contribution is 2.14. The first-order valence-corrected chi connectivity index (χ1v) is 4.32. The van der Waals surface area contributed by atoms with Gasteiger partial charge in [0.1, 0.15) is 0 Å². The van der Waals surface area contributed by atoms with E-state index in [-0.39, 0.29) is 30.5 Å². The lowest BCUT2D eigenvalue weighted by molar-refractivity contribution is -0.384. The Labute approximate surface area is 98.6 Å². The monoisotopic (exact) mass is 245 g/mol. The maximum absolute atomic E-state index is 11.1. The molecule has 1 aromatic rings. The number of anilines is 1. The first kappa shape index (κ1) is 14.3. The number of amides is 1. The largest absolute Gasteiger partial charge is 0.325 e. The third-order valence-corrected chi connectivity index (χ3v) is 1.70. The third-order valence-electron chi connectivity index (χ3n) is 1.70. The number of non-ortho nitro benzene ring substituents is 1. The summed E-state index contributed by atoms with van der Waals surface area (Å²) in [6.07, 6.45) is 0. The van der Waals surface area contributed by atoms with E-state index in [0.717, 1.165) is 0 Å². The second-order valence-electron chi connectivity index (χ2n) is 2.88. The summed E-state index contributed by atoms with van der Waals surface area (Å²) in [5, 5.41) is 15.6. The highest BCUT2D eigenvalue weighted by atomic mass is 35.5. The molecular formula is C9H12ClN3O3. The Morgan fingerprint density at radius 3 is 2.38 bits per heavy atom. The van der Waals surface area contributed by atoms with E-state index in [1.54, 1.807) is 7.05 Å². The van der Waals surface area contributed by atoms with Crippen LogP contribution in [0.4, 0.5) is 11.4 Å². The first-order valence-electron chi connectivity index (χ1n) is 4.32. The van der Waals surface area contributed by atoms with E-state index < -0.39 is 4.92 Å². The molecule has 0 bridgehead atoms. The Hall–Kier alpha value is -1.66. The van der Waals surface area contributed by atoms with Crippen molar-refractivity contribution in [1.82, 2.24) is 5.32 Å².